The molecule has 0 spiro atoms. The molecule has 16 heavy (non-hydrogen) atoms. The van der Waals surface area contributed by atoms with Crippen LogP contribution < -0.4 is 10.2 Å². The van der Waals surface area contributed by atoms with E-state index < -0.39 is 0 Å². The molecule has 0 fully saturated rings. The second kappa shape index (κ2) is 5.90. The van der Waals surface area contributed by atoms with E-state index in [1.807, 2.05) is 7.05 Å². The number of likely N-dealkylation sites (N-methyl/N-ethyl adjacent to an activating group) is 1. The smallest absolute Gasteiger partial charge is 0.0361 e. The fourth-order valence-corrected chi connectivity index (χ4v) is 2.12. The van der Waals surface area contributed by atoms with E-state index >= 15 is 0 Å². The molecule has 0 aliphatic heterocycles. The first-order chi connectivity index (χ1) is 7.60. The SMILES string of the molecule is CCC(NC)C(C)c1ccc(N(C)C)cc1. The summed E-state index contributed by atoms with van der Waals surface area (Å²) in [5.74, 6) is 0.561. The molecule has 0 amide bonds. The molecular formula is C14H24N2. The third-order valence-electron chi connectivity index (χ3n) is 3.35. The van der Waals surface area contributed by atoms with Gasteiger partial charge in [0.15, 0.2) is 0 Å². The molecule has 0 saturated heterocycles. The fourth-order valence-electron chi connectivity index (χ4n) is 2.12. The van der Waals surface area contributed by atoms with Crippen LogP contribution in [0.15, 0.2) is 24.3 Å². The van der Waals surface area contributed by atoms with Crippen LogP contribution in [0.25, 0.3) is 0 Å². The standard InChI is InChI=1S/C14H24N2/c1-6-14(15-3)11(2)12-7-9-13(10-8-12)16(4)5/h7-11,14-15H,6H2,1-5H3. The molecule has 0 radical (unpaired) electrons. The van der Waals surface area contributed by atoms with Gasteiger partial charge in [0.1, 0.15) is 0 Å². The maximum Gasteiger partial charge on any atom is 0.0361 e. The minimum Gasteiger partial charge on any atom is -0.378 e. The van der Waals surface area contributed by atoms with Crippen molar-refractivity contribution in [2.75, 3.05) is 26.0 Å². The lowest BCUT2D eigenvalue weighted by Crippen LogP contribution is -2.29. The van der Waals surface area contributed by atoms with E-state index in [1.54, 1.807) is 0 Å². The Morgan fingerprint density at radius 1 is 1.19 bits per heavy atom. The number of rotatable bonds is 5. The van der Waals surface area contributed by atoms with Gasteiger partial charge >= 0.3 is 0 Å². The Balaban J connectivity index is 2.80. The van der Waals surface area contributed by atoms with Gasteiger partial charge in [-0.15, -0.1) is 0 Å². The number of anilines is 1. The maximum atomic E-state index is 3.38. The molecule has 0 saturated carbocycles. The Morgan fingerprint density at radius 3 is 2.12 bits per heavy atom. The van der Waals surface area contributed by atoms with Crippen molar-refractivity contribution < 1.29 is 0 Å². The molecule has 0 aliphatic carbocycles. The quantitative estimate of drug-likeness (QED) is 0.821. The van der Waals surface area contributed by atoms with E-state index in [9.17, 15) is 0 Å². The summed E-state index contributed by atoms with van der Waals surface area (Å²) in [5, 5.41) is 3.38. The van der Waals surface area contributed by atoms with Crippen molar-refractivity contribution in [2.45, 2.75) is 32.2 Å². The van der Waals surface area contributed by atoms with Gasteiger partial charge < -0.3 is 10.2 Å². The van der Waals surface area contributed by atoms with Gasteiger partial charge in [-0.1, -0.05) is 26.0 Å². The minimum atomic E-state index is 0.560. The Hall–Kier alpha value is -1.02. The number of nitrogens with one attached hydrogen (secondary N) is 1. The van der Waals surface area contributed by atoms with Crippen molar-refractivity contribution in [1.82, 2.24) is 5.32 Å². The Kier molecular flexibility index (Phi) is 4.81. The van der Waals surface area contributed by atoms with E-state index in [4.69, 9.17) is 0 Å². The summed E-state index contributed by atoms with van der Waals surface area (Å²) in [7, 11) is 6.18. The highest BCUT2D eigenvalue weighted by molar-refractivity contribution is 5.46. The molecule has 1 aromatic rings. The zero-order chi connectivity index (χ0) is 12.1. The second-order valence-electron chi connectivity index (χ2n) is 4.58. The van der Waals surface area contributed by atoms with Gasteiger partial charge in [0.05, 0.1) is 0 Å². The van der Waals surface area contributed by atoms with Gasteiger partial charge in [0.2, 0.25) is 0 Å². The lowest BCUT2D eigenvalue weighted by molar-refractivity contribution is 0.473. The lowest BCUT2D eigenvalue weighted by Gasteiger charge is -2.23. The fraction of sp³-hybridized carbons (Fsp3) is 0.571. The first-order valence-corrected chi connectivity index (χ1v) is 6.04. The number of hydrogen-bond acceptors (Lipinski definition) is 2. The third kappa shape index (κ3) is 2.99. The summed E-state index contributed by atoms with van der Waals surface area (Å²) < 4.78 is 0. The molecule has 1 aromatic carbocycles. The predicted octanol–water partition coefficient (Wildman–Crippen LogP) is 2.85. The predicted molar refractivity (Wildman–Crippen MR) is 72.3 cm³/mol. The molecule has 2 unspecified atom stereocenters. The Bertz CT molecular complexity index is 299. The largest absolute Gasteiger partial charge is 0.378 e. The molecule has 0 heterocycles. The number of nitrogens with zero attached hydrogens (tertiary/aromatic N) is 1. The zero-order valence-electron chi connectivity index (χ0n) is 11.1. The highest BCUT2D eigenvalue weighted by Crippen LogP contribution is 2.23. The van der Waals surface area contributed by atoms with Crippen LogP contribution in [-0.2, 0) is 0 Å². The van der Waals surface area contributed by atoms with Crippen LogP contribution in [-0.4, -0.2) is 27.2 Å². The second-order valence-corrected chi connectivity index (χ2v) is 4.58. The van der Waals surface area contributed by atoms with E-state index in [-0.39, 0.29) is 0 Å². The molecule has 2 atom stereocenters. The summed E-state index contributed by atoms with van der Waals surface area (Å²) in [4.78, 5) is 2.13. The summed E-state index contributed by atoms with van der Waals surface area (Å²) in [6.07, 6.45) is 1.16. The van der Waals surface area contributed by atoms with Gasteiger partial charge in [-0.3, -0.25) is 0 Å². The monoisotopic (exact) mass is 220 g/mol. The van der Waals surface area contributed by atoms with E-state index in [1.165, 1.54) is 11.3 Å². The first-order valence-electron chi connectivity index (χ1n) is 6.04. The molecule has 0 aromatic heterocycles. The van der Waals surface area contributed by atoms with Gasteiger partial charge in [0.25, 0.3) is 0 Å². The van der Waals surface area contributed by atoms with E-state index in [0.29, 0.717) is 12.0 Å². The normalized spacial score (nSPS) is 14.6. The number of hydrogen-bond donors (Lipinski definition) is 1. The lowest BCUT2D eigenvalue weighted by atomic mass is 9.91. The zero-order valence-corrected chi connectivity index (χ0v) is 11.1. The van der Waals surface area contributed by atoms with E-state index in [0.717, 1.165) is 6.42 Å². The average molecular weight is 220 g/mol. The summed E-state index contributed by atoms with van der Waals surface area (Å²) in [5.41, 5.74) is 2.67. The van der Waals surface area contributed by atoms with Crippen LogP contribution in [0.5, 0.6) is 0 Å². The summed E-state index contributed by atoms with van der Waals surface area (Å²) >= 11 is 0. The molecule has 1 rings (SSSR count). The van der Waals surface area contributed by atoms with E-state index in [2.05, 4.69) is 62.4 Å². The van der Waals surface area contributed by atoms with Crippen LogP contribution >= 0.6 is 0 Å². The molecule has 90 valence electrons. The highest BCUT2D eigenvalue weighted by Gasteiger charge is 2.14. The van der Waals surface area contributed by atoms with Crippen molar-refractivity contribution in [3.05, 3.63) is 29.8 Å². The van der Waals surface area contributed by atoms with Crippen LogP contribution in [0.2, 0.25) is 0 Å². The van der Waals surface area contributed by atoms with Gasteiger partial charge in [-0.25, -0.2) is 0 Å². The first kappa shape index (κ1) is 13.0. The van der Waals surface area contributed by atoms with Gasteiger partial charge in [-0.05, 0) is 37.1 Å². The molecule has 1 N–H and O–H groups in total. The molecule has 0 bridgehead atoms. The minimum absolute atomic E-state index is 0.560. The highest BCUT2D eigenvalue weighted by atomic mass is 15.1. The van der Waals surface area contributed by atoms with Crippen molar-refractivity contribution in [2.24, 2.45) is 0 Å². The van der Waals surface area contributed by atoms with Crippen molar-refractivity contribution in [3.63, 3.8) is 0 Å². The van der Waals surface area contributed by atoms with Crippen LogP contribution in [0, 0.1) is 0 Å². The third-order valence-corrected chi connectivity index (χ3v) is 3.35. The molecular weight excluding hydrogens is 196 g/mol. The Labute approximate surface area is 99.7 Å². The van der Waals surface area contributed by atoms with Crippen molar-refractivity contribution in [1.29, 1.82) is 0 Å². The maximum absolute atomic E-state index is 3.38. The summed E-state index contributed by atoms with van der Waals surface area (Å²) in [6.45, 7) is 4.52. The van der Waals surface area contributed by atoms with Gasteiger partial charge in [-0.2, -0.15) is 0 Å². The van der Waals surface area contributed by atoms with Crippen molar-refractivity contribution in [3.8, 4) is 0 Å². The van der Waals surface area contributed by atoms with Crippen LogP contribution in [0.1, 0.15) is 31.7 Å². The number of benzene rings is 1. The Morgan fingerprint density at radius 2 is 1.75 bits per heavy atom. The molecule has 0 aliphatic rings. The van der Waals surface area contributed by atoms with Crippen molar-refractivity contribution >= 4 is 5.69 Å². The molecule has 2 heteroatoms. The average Bonchev–Trinajstić information content (AvgIpc) is 2.30. The molecule has 2 nitrogen and oxygen atoms in total. The van der Waals surface area contributed by atoms with Gasteiger partial charge in [0, 0.05) is 25.8 Å². The van der Waals surface area contributed by atoms with Crippen LogP contribution in [0.3, 0.4) is 0 Å². The van der Waals surface area contributed by atoms with Crippen LogP contribution in [0.4, 0.5) is 5.69 Å². The topological polar surface area (TPSA) is 15.3 Å². The summed E-state index contributed by atoms with van der Waals surface area (Å²) in [6, 6.07) is 9.41.